The summed E-state index contributed by atoms with van der Waals surface area (Å²) in [7, 11) is 3.46. The Hall–Kier alpha value is -1.54. The summed E-state index contributed by atoms with van der Waals surface area (Å²) in [6.07, 6.45) is 1.97. The first kappa shape index (κ1) is 17.3. The molecule has 2 heterocycles. The van der Waals surface area contributed by atoms with Crippen LogP contribution >= 0.6 is 34.4 Å². The van der Waals surface area contributed by atoms with Crippen LogP contribution in [0, 0.1) is 17.4 Å². The van der Waals surface area contributed by atoms with E-state index in [1.807, 2.05) is 6.08 Å². The number of carbonyl (C=O) groups is 1. The van der Waals surface area contributed by atoms with E-state index in [9.17, 15) is 4.79 Å². The van der Waals surface area contributed by atoms with Crippen LogP contribution in [0.1, 0.15) is 17.0 Å². The Labute approximate surface area is 159 Å². The van der Waals surface area contributed by atoms with Gasteiger partial charge < -0.3 is 4.57 Å². The molecule has 1 aliphatic rings. The number of aliphatic imine (C=N–C) groups is 1. The molecule has 1 aromatic heterocycles. The van der Waals surface area contributed by atoms with Gasteiger partial charge in [0.1, 0.15) is 0 Å². The number of likely N-dealkylation sites (N-methyl/N-ethyl adjacent to an activating group) is 1. The molecule has 1 aromatic carbocycles. The fourth-order valence-corrected chi connectivity index (χ4v) is 4.28. The molecule has 0 atom stereocenters. The SMILES string of the molecule is CN=C1S/C(=C\c2cc(C)n(-c3cccc(I)c3)c2C)C(=O)N1C. The Morgan fingerprint density at radius 1 is 1.25 bits per heavy atom. The van der Waals surface area contributed by atoms with Crippen LogP contribution in [0.5, 0.6) is 0 Å². The number of hydrogen-bond acceptors (Lipinski definition) is 3. The monoisotopic (exact) mass is 451 g/mol. The third-order valence-corrected chi connectivity index (χ3v) is 5.84. The predicted octanol–water partition coefficient (Wildman–Crippen LogP) is 4.23. The average molecular weight is 451 g/mol. The maximum absolute atomic E-state index is 12.3. The minimum absolute atomic E-state index is 0.000312. The summed E-state index contributed by atoms with van der Waals surface area (Å²) in [5.41, 5.74) is 4.47. The third kappa shape index (κ3) is 3.04. The maximum atomic E-state index is 12.3. The first-order valence-corrected chi connectivity index (χ1v) is 9.41. The van der Waals surface area contributed by atoms with Crippen LogP contribution in [-0.2, 0) is 4.79 Å². The van der Waals surface area contributed by atoms with Gasteiger partial charge in [0.2, 0.25) is 0 Å². The number of rotatable bonds is 2. The molecular weight excluding hydrogens is 433 g/mol. The molecule has 1 amide bonds. The van der Waals surface area contributed by atoms with Gasteiger partial charge in [-0.2, -0.15) is 0 Å². The highest BCUT2D eigenvalue weighted by molar-refractivity contribution is 14.1. The van der Waals surface area contributed by atoms with Crippen molar-refractivity contribution >= 4 is 51.5 Å². The lowest BCUT2D eigenvalue weighted by atomic mass is 10.2. The highest BCUT2D eigenvalue weighted by Gasteiger charge is 2.30. The minimum atomic E-state index is -0.000312. The molecule has 0 aliphatic carbocycles. The van der Waals surface area contributed by atoms with Gasteiger partial charge in [-0.3, -0.25) is 14.7 Å². The molecule has 1 aliphatic heterocycles. The van der Waals surface area contributed by atoms with E-state index in [1.54, 1.807) is 19.0 Å². The third-order valence-electron chi connectivity index (χ3n) is 4.02. The van der Waals surface area contributed by atoms with Crippen molar-refractivity contribution in [2.45, 2.75) is 13.8 Å². The molecule has 0 saturated carbocycles. The summed E-state index contributed by atoms with van der Waals surface area (Å²) in [5.74, 6) is -0.000312. The number of carbonyl (C=O) groups excluding carboxylic acids is 1. The van der Waals surface area contributed by atoms with E-state index in [-0.39, 0.29) is 5.91 Å². The van der Waals surface area contributed by atoms with E-state index >= 15 is 0 Å². The highest BCUT2D eigenvalue weighted by atomic mass is 127. The van der Waals surface area contributed by atoms with Crippen LogP contribution in [-0.4, -0.2) is 34.6 Å². The van der Waals surface area contributed by atoms with Crippen molar-refractivity contribution in [3.05, 3.63) is 55.8 Å². The molecule has 124 valence electrons. The fraction of sp³-hybridized carbons (Fsp3) is 0.222. The summed E-state index contributed by atoms with van der Waals surface area (Å²) in [5, 5.41) is 0.734. The number of aromatic nitrogens is 1. The molecule has 0 unspecified atom stereocenters. The average Bonchev–Trinajstić information content (AvgIpc) is 2.98. The molecule has 0 bridgehead atoms. The first-order chi connectivity index (χ1) is 11.4. The van der Waals surface area contributed by atoms with Crippen molar-refractivity contribution in [2.75, 3.05) is 14.1 Å². The lowest BCUT2D eigenvalue weighted by Crippen LogP contribution is -2.23. The summed E-state index contributed by atoms with van der Waals surface area (Å²) in [6.45, 7) is 4.17. The molecule has 0 N–H and O–H groups in total. The van der Waals surface area contributed by atoms with Gasteiger partial charge in [-0.1, -0.05) is 6.07 Å². The lowest BCUT2D eigenvalue weighted by Gasteiger charge is -2.10. The number of thioether (sulfide) groups is 1. The van der Waals surface area contributed by atoms with Crippen LogP contribution in [0.4, 0.5) is 0 Å². The van der Waals surface area contributed by atoms with Crippen LogP contribution in [0.2, 0.25) is 0 Å². The van der Waals surface area contributed by atoms with Crippen LogP contribution in [0.25, 0.3) is 11.8 Å². The Morgan fingerprint density at radius 3 is 2.62 bits per heavy atom. The Kier molecular flexibility index (Phi) is 4.87. The van der Waals surface area contributed by atoms with E-state index in [2.05, 4.69) is 76.3 Å². The number of benzene rings is 1. The molecule has 2 aromatic rings. The summed E-state index contributed by atoms with van der Waals surface area (Å²) in [4.78, 5) is 18.8. The quantitative estimate of drug-likeness (QED) is 0.507. The lowest BCUT2D eigenvalue weighted by molar-refractivity contribution is -0.121. The predicted molar refractivity (Wildman–Crippen MR) is 110 cm³/mol. The molecule has 0 spiro atoms. The van der Waals surface area contributed by atoms with E-state index < -0.39 is 0 Å². The van der Waals surface area contributed by atoms with Crippen molar-refractivity contribution in [3.8, 4) is 5.69 Å². The van der Waals surface area contributed by atoms with Crippen molar-refractivity contribution in [1.29, 1.82) is 0 Å². The Balaban J connectivity index is 2.05. The van der Waals surface area contributed by atoms with Gasteiger partial charge in [-0.15, -0.1) is 0 Å². The van der Waals surface area contributed by atoms with Crippen LogP contribution < -0.4 is 0 Å². The fourth-order valence-electron chi connectivity index (χ4n) is 2.84. The van der Waals surface area contributed by atoms with Crippen molar-refractivity contribution in [3.63, 3.8) is 0 Å². The van der Waals surface area contributed by atoms with Gasteiger partial charge in [0, 0.05) is 34.7 Å². The van der Waals surface area contributed by atoms with Gasteiger partial charge >= 0.3 is 0 Å². The van der Waals surface area contributed by atoms with Gasteiger partial charge in [-0.05, 0) is 84.1 Å². The molecule has 4 nitrogen and oxygen atoms in total. The summed E-state index contributed by atoms with van der Waals surface area (Å²) < 4.78 is 3.42. The number of nitrogens with zero attached hydrogens (tertiary/aromatic N) is 3. The summed E-state index contributed by atoms with van der Waals surface area (Å²) in [6, 6.07) is 10.5. The Morgan fingerprint density at radius 2 is 2.00 bits per heavy atom. The van der Waals surface area contributed by atoms with Gasteiger partial charge in [0.05, 0.1) is 4.91 Å². The molecule has 3 rings (SSSR count). The maximum Gasteiger partial charge on any atom is 0.266 e. The largest absolute Gasteiger partial charge is 0.318 e. The van der Waals surface area contributed by atoms with Crippen molar-refractivity contribution in [2.24, 2.45) is 4.99 Å². The van der Waals surface area contributed by atoms with Crippen molar-refractivity contribution < 1.29 is 4.79 Å². The molecule has 24 heavy (non-hydrogen) atoms. The topological polar surface area (TPSA) is 37.6 Å². The minimum Gasteiger partial charge on any atom is -0.318 e. The van der Waals surface area contributed by atoms with Crippen LogP contribution in [0.15, 0.2) is 40.2 Å². The van der Waals surface area contributed by atoms with Crippen molar-refractivity contribution in [1.82, 2.24) is 9.47 Å². The van der Waals surface area contributed by atoms with E-state index in [0.29, 0.717) is 4.91 Å². The smallest absolute Gasteiger partial charge is 0.266 e. The normalized spacial score (nSPS) is 18.2. The highest BCUT2D eigenvalue weighted by Crippen LogP contribution is 2.33. The molecule has 6 heteroatoms. The second kappa shape index (κ2) is 6.76. The van der Waals surface area contributed by atoms with Gasteiger partial charge in [0.15, 0.2) is 5.17 Å². The van der Waals surface area contributed by atoms with Crippen LogP contribution in [0.3, 0.4) is 0 Å². The number of aryl methyl sites for hydroxylation is 1. The number of amidine groups is 1. The number of halogens is 1. The van der Waals surface area contributed by atoms with Gasteiger partial charge in [0.25, 0.3) is 5.91 Å². The zero-order valence-corrected chi connectivity index (χ0v) is 17.0. The Bertz CT molecular complexity index is 882. The zero-order valence-electron chi connectivity index (χ0n) is 14.0. The standard InChI is InChI=1S/C18H18IN3OS/c1-11-8-13(9-16-17(23)21(4)18(20-3)24-16)12(2)22(11)15-7-5-6-14(19)10-15/h5-10H,1-4H3/b16-9-,20-18?. The number of amides is 1. The number of hydrogen-bond donors (Lipinski definition) is 0. The zero-order chi connectivity index (χ0) is 17.4. The van der Waals surface area contributed by atoms with E-state index in [0.717, 1.165) is 27.8 Å². The molecule has 0 radical (unpaired) electrons. The van der Waals surface area contributed by atoms with E-state index in [4.69, 9.17) is 0 Å². The molecule has 1 fully saturated rings. The molecule has 1 saturated heterocycles. The summed E-state index contributed by atoms with van der Waals surface area (Å²) >= 11 is 3.74. The second-order valence-electron chi connectivity index (χ2n) is 5.62. The van der Waals surface area contributed by atoms with Gasteiger partial charge in [-0.25, -0.2) is 0 Å². The second-order valence-corrected chi connectivity index (χ2v) is 7.88. The molecular formula is C18H18IN3OS. The van der Waals surface area contributed by atoms with E-state index in [1.165, 1.54) is 15.3 Å². The first-order valence-electron chi connectivity index (χ1n) is 7.51.